The molecule has 1 aromatic carbocycles. The normalized spacial score (nSPS) is 10.8. The number of carbonyl (C=O) groups excluding carboxylic acids is 1. The highest BCUT2D eigenvalue weighted by Gasteiger charge is 2.19. The van der Waals surface area contributed by atoms with Crippen LogP contribution in [0.25, 0.3) is 22.7 Å². The minimum absolute atomic E-state index is 0.00508. The molecule has 4 rings (SSSR count). The van der Waals surface area contributed by atoms with Crippen LogP contribution in [0.1, 0.15) is 10.6 Å². The van der Waals surface area contributed by atoms with Gasteiger partial charge in [-0.25, -0.2) is 13.8 Å². The molecular formula is C20H14F2N4O2. The lowest BCUT2D eigenvalue weighted by Gasteiger charge is -2.05. The fraction of sp³-hybridized carbons (Fsp3) is 0.0500. The number of imidazole rings is 1. The third-order valence-corrected chi connectivity index (χ3v) is 4.14. The first-order valence-corrected chi connectivity index (χ1v) is 8.31. The summed E-state index contributed by atoms with van der Waals surface area (Å²) in [4.78, 5) is 20.4. The highest BCUT2D eigenvalue weighted by atomic mass is 19.1. The molecule has 0 aliphatic rings. The molecule has 0 saturated heterocycles. The predicted molar refractivity (Wildman–Crippen MR) is 98.5 cm³/mol. The van der Waals surface area contributed by atoms with Gasteiger partial charge in [0, 0.05) is 18.8 Å². The molecule has 8 heteroatoms. The van der Waals surface area contributed by atoms with Crippen molar-refractivity contribution in [3.63, 3.8) is 0 Å². The molecule has 1 N–H and O–H groups in total. The number of hydrogen-bond donors (Lipinski definition) is 1. The molecular weight excluding hydrogens is 366 g/mol. The van der Waals surface area contributed by atoms with Gasteiger partial charge in [0.1, 0.15) is 11.5 Å². The van der Waals surface area contributed by atoms with Gasteiger partial charge in [0.25, 0.3) is 5.91 Å². The minimum atomic E-state index is -0.645. The maximum atomic E-state index is 13.7. The van der Waals surface area contributed by atoms with Gasteiger partial charge in [-0.3, -0.25) is 9.78 Å². The van der Waals surface area contributed by atoms with E-state index >= 15 is 0 Å². The molecule has 1 amide bonds. The van der Waals surface area contributed by atoms with Gasteiger partial charge in [0.05, 0.1) is 23.9 Å². The summed E-state index contributed by atoms with van der Waals surface area (Å²) in [5, 5.41) is 2.44. The number of pyridine rings is 1. The Bertz CT molecular complexity index is 1150. The number of furan rings is 1. The molecule has 0 atom stereocenters. The Morgan fingerprint density at radius 1 is 1.11 bits per heavy atom. The molecule has 0 bridgehead atoms. The van der Waals surface area contributed by atoms with E-state index in [-0.39, 0.29) is 17.3 Å². The molecule has 3 aromatic heterocycles. The number of nitrogens with one attached hydrogen (secondary N) is 1. The zero-order chi connectivity index (χ0) is 19.7. The Morgan fingerprint density at radius 3 is 2.64 bits per heavy atom. The van der Waals surface area contributed by atoms with Crippen molar-refractivity contribution in [2.45, 2.75) is 0 Å². The fourth-order valence-electron chi connectivity index (χ4n) is 2.79. The molecule has 6 nitrogen and oxygen atoms in total. The van der Waals surface area contributed by atoms with E-state index in [9.17, 15) is 13.6 Å². The van der Waals surface area contributed by atoms with Gasteiger partial charge in [0.15, 0.2) is 17.3 Å². The summed E-state index contributed by atoms with van der Waals surface area (Å²) in [5.74, 6) is -1.17. The van der Waals surface area contributed by atoms with Gasteiger partial charge in [-0.05, 0) is 42.5 Å². The van der Waals surface area contributed by atoms with Crippen LogP contribution >= 0.6 is 0 Å². The van der Waals surface area contributed by atoms with Crippen molar-refractivity contribution >= 4 is 11.6 Å². The molecule has 0 fully saturated rings. The quantitative estimate of drug-likeness (QED) is 0.574. The summed E-state index contributed by atoms with van der Waals surface area (Å²) >= 11 is 0. The Kier molecular flexibility index (Phi) is 4.44. The van der Waals surface area contributed by atoms with E-state index in [0.717, 1.165) is 6.20 Å². The van der Waals surface area contributed by atoms with E-state index in [1.807, 2.05) is 0 Å². The summed E-state index contributed by atoms with van der Waals surface area (Å²) in [5.41, 5.74) is 1.92. The standard InChI is InChI=1S/C20H14F2N4O2/c1-26-11-24-18(12-2-4-13(21)5-3-12)19(26)16-6-7-17(28-16)20(27)25-15-8-9-23-10-14(15)22/h2-11H,1H3,(H,23,25,27). The van der Waals surface area contributed by atoms with Crippen molar-refractivity contribution in [3.05, 3.63) is 78.6 Å². The summed E-state index contributed by atoms with van der Waals surface area (Å²) in [7, 11) is 1.78. The summed E-state index contributed by atoms with van der Waals surface area (Å²) in [6.45, 7) is 0. The number of hydrogen-bond acceptors (Lipinski definition) is 4. The van der Waals surface area contributed by atoms with Gasteiger partial charge < -0.3 is 14.3 Å². The van der Waals surface area contributed by atoms with Crippen LogP contribution in [0.2, 0.25) is 0 Å². The van der Waals surface area contributed by atoms with E-state index in [1.54, 1.807) is 36.1 Å². The largest absolute Gasteiger partial charge is 0.449 e. The van der Waals surface area contributed by atoms with E-state index in [4.69, 9.17) is 4.42 Å². The topological polar surface area (TPSA) is 73.0 Å². The zero-order valence-corrected chi connectivity index (χ0v) is 14.7. The average molecular weight is 380 g/mol. The molecule has 0 unspecified atom stereocenters. The maximum absolute atomic E-state index is 13.7. The van der Waals surface area contributed by atoms with Crippen molar-refractivity contribution in [1.29, 1.82) is 0 Å². The van der Waals surface area contributed by atoms with Crippen molar-refractivity contribution in [2.75, 3.05) is 5.32 Å². The lowest BCUT2D eigenvalue weighted by atomic mass is 10.1. The molecule has 0 saturated carbocycles. The Balaban J connectivity index is 1.65. The second kappa shape index (κ2) is 7.07. The predicted octanol–water partition coefficient (Wildman–Crippen LogP) is 4.27. The average Bonchev–Trinajstić information content (AvgIpc) is 3.31. The summed E-state index contributed by atoms with van der Waals surface area (Å²) < 4.78 is 34.3. The third kappa shape index (κ3) is 3.27. The number of aryl methyl sites for hydroxylation is 1. The van der Waals surface area contributed by atoms with Gasteiger partial charge in [-0.15, -0.1) is 0 Å². The van der Waals surface area contributed by atoms with E-state index in [2.05, 4.69) is 15.3 Å². The van der Waals surface area contributed by atoms with Crippen LogP contribution in [-0.2, 0) is 7.05 Å². The Hall–Kier alpha value is -3.81. The van der Waals surface area contributed by atoms with Crippen LogP contribution in [0.15, 0.2) is 65.6 Å². The number of carbonyl (C=O) groups is 1. The monoisotopic (exact) mass is 380 g/mol. The molecule has 0 spiro atoms. The molecule has 3 heterocycles. The van der Waals surface area contributed by atoms with E-state index in [0.29, 0.717) is 22.7 Å². The SMILES string of the molecule is Cn1cnc(-c2ccc(F)cc2)c1-c1ccc(C(=O)Nc2ccncc2F)o1. The number of aromatic nitrogens is 3. The number of amides is 1. The number of anilines is 1. The van der Waals surface area contributed by atoms with Crippen molar-refractivity contribution in [2.24, 2.45) is 7.05 Å². The molecule has 28 heavy (non-hydrogen) atoms. The number of rotatable bonds is 4. The smallest absolute Gasteiger partial charge is 0.291 e. The number of benzene rings is 1. The number of nitrogens with zero attached hydrogens (tertiary/aromatic N) is 3. The lowest BCUT2D eigenvalue weighted by Crippen LogP contribution is -2.12. The Morgan fingerprint density at radius 2 is 1.89 bits per heavy atom. The molecule has 0 aliphatic carbocycles. The zero-order valence-electron chi connectivity index (χ0n) is 14.7. The highest BCUT2D eigenvalue weighted by molar-refractivity contribution is 6.02. The van der Waals surface area contributed by atoms with Crippen LogP contribution in [-0.4, -0.2) is 20.4 Å². The molecule has 0 aliphatic heterocycles. The molecule has 0 radical (unpaired) electrons. The fourth-order valence-corrected chi connectivity index (χ4v) is 2.79. The third-order valence-electron chi connectivity index (χ3n) is 4.14. The molecule has 4 aromatic rings. The molecule has 140 valence electrons. The second-order valence-corrected chi connectivity index (χ2v) is 6.03. The van der Waals surface area contributed by atoms with Crippen LogP contribution in [0.5, 0.6) is 0 Å². The van der Waals surface area contributed by atoms with E-state index in [1.165, 1.54) is 30.5 Å². The minimum Gasteiger partial charge on any atom is -0.449 e. The summed E-state index contributed by atoms with van der Waals surface area (Å²) in [6.07, 6.45) is 3.98. The number of halogens is 2. The van der Waals surface area contributed by atoms with Crippen molar-refractivity contribution < 1.29 is 18.0 Å². The summed E-state index contributed by atoms with van der Waals surface area (Å²) in [6, 6.07) is 10.4. The van der Waals surface area contributed by atoms with Crippen LogP contribution < -0.4 is 5.32 Å². The van der Waals surface area contributed by atoms with Gasteiger partial charge in [0.2, 0.25) is 0 Å². The van der Waals surface area contributed by atoms with Gasteiger partial charge >= 0.3 is 0 Å². The van der Waals surface area contributed by atoms with Gasteiger partial charge in [-0.1, -0.05) is 0 Å². The van der Waals surface area contributed by atoms with Crippen LogP contribution in [0.4, 0.5) is 14.5 Å². The first-order chi connectivity index (χ1) is 13.5. The van der Waals surface area contributed by atoms with Gasteiger partial charge in [-0.2, -0.15) is 0 Å². The van der Waals surface area contributed by atoms with Crippen LogP contribution in [0, 0.1) is 11.6 Å². The lowest BCUT2D eigenvalue weighted by molar-refractivity contribution is 0.0997. The second-order valence-electron chi connectivity index (χ2n) is 6.03. The Labute approximate surface area is 158 Å². The first kappa shape index (κ1) is 17.6. The van der Waals surface area contributed by atoms with E-state index < -0.39 is 11.7 Å². The first-order valence-electron chi connectivity index (χ1n) is 8.31. The van der Waals surface area contributed by atoms with Crippen LogP contribution in [0.3, 0.4) is 0 Å². The van der Waals surface area contributed by atoms with Crippen molar-refractivity contribution in [1.82, 2.24) is 14.5 Å². The maximum Gasteiger partial charge on any atom is 0.291 e. The van der Waals surface area contributed by atoms with Crippen molar-refractivity contribution in [3.8, 4) is 22.7 Å². The highest BCUT2D eigenvalue weighted by Crippen LogP contribution is 2.32.